The zero-order chi connectivity index (χ0) is 12.7. The number of hydrogen-bond acceptors (Lipinski definition) is 4. The first-order valence-corrected chi connectivity index (χ1v) is 6.20. The van der Waals surface area contributed by atoms with Crippen LogP contribution in [0.1, 0.15) is 18.4 Å². The van der Waals surface area contributed by atoms with Crippen molar-refractivity contribution in [2.45, 2.75) is 25.9 Å². The topological polar surface area (TPSA) is 61.3 Å². The number of halogens is 1. The van der Waals surface area contributed by atoms with E-state index in [1.807, 2.05) is 19.1 Å². The Kier molecular flexibility index (Phi) is 2.67. The highest BCUT2D eigenvalue weighted by atomic mass is 35.5. The number of aromatic nitrogens is 1. The Morgan fingerprint density at radius 1 is 1.39 bits per heavy atom. The molecule has 0 unspecified atom stereocenters. The van der Waals surface area contributed by atoms with Crippen LogP contribution in [-0.4, -0.2) is 11.3 Å². The smallest absolute Gasteiger partial charge is 0.230 e. The molecule has 0 atom stereocenters. The summed E-state index contributed by atoms with van der Waals surface area (Å²) in [4.78, 5) is 0. The molecular formula is C13H13ClN2O2. The van der Waals surface area contributed by atoms with Crippen LogP contribution < -0.4 is 10.5 Å². The molecule has 1 fully saturated rings. The van der Waals surface area contributed by atoms with Gasteiger partial charge in [-0.3, -0.25) is 0 Å². The van der Waals surface area contributed by atoms with E-state index in [0.717, 1.165) is 29.5 Å². The highest BCUT2D eigenvalue weighted by molar-refractivity contribution is 6.32. The number of hydrogen-bond donors (Lipinski definition) is 1. The van der Waals surface area contributed by atoms with Gasteiger partial charge in [-0.05, 0) is 37.5 Å². The molecule has 1 aliphatic rings. The number of ether oxygens (including phenoxy) is 1. The predicted molar refractivity (Wildman–Crippen MR) is 69.7 cm³/mol. The van der Waals surface area contributed by atoms with E-state index in [9.17, 15) is 0 Å². The maximum atomic E-state index is 6.26. The van der Waals surface area contributed by atoms with Gasteiger partial charge >= 0.3 is 0 Å². The van der Waals surface area contributed by atoms with Crippen molar-refractivity contribution in [3.8, 4) is 16.9 Å². The molecule has 0 aliphatic heterocycles. The second kappa shape index (κ2) is 4.21. The van der Waals surface area contributed by atoms with Crippen molar-refractivity contribution in [3.05, 3.63) is 28.9 Å². The Hall–Kier alpha value is -1.68. The number of rotatable bonds is 3. The van der Waals surface area contributed by atoms with E-state index >= 15 is 0 Å². The molecule has 3 rings (SSSR count). The van der Waals surface area contributed by atoms with Gasteiger partial charge < -0.3 is 15.0 Å². The van der Waals surface area contributed by atoms with E-state index in [2.05, 4.69) is 5.16 Å². The van der Waals surface area contributed by atoms with Crippen molar-refractivity contribution in [1.82, 2.24) is 5.16 Å². The molecule has 2 aromatic rings. The maximum absolute atomic E-state index is 6.26. The van der Waals surface area contributed by atoms with E-state index in [-0.39, 0.29) is 12.0 Å². The summed E-state index contributed by atoms with van der Waals surface area (Å²) in [6.45, 7) is 1.97. The van der Waals surface area contributed by atoms with Crippen LogP contribution in [0, 0.1) is 6.92 Å². The van der Waals surface area contributed by atoms with E-state index in [4.69, 9.17) is 26.6 Å². The standard InChI is InChI=1S/C13H13ClN2O2/c1-7-4-9(10-6-16-18-13(10)15)12(11(14)5-7)17-8-2-3-8/h4-6,8H,2-3,15H2,1H3. The van der Waals surface area contributed by atoms with Crippen LogP contribution in [-0.2, 0) is 0 Å². The van der Waals surface area contributed by atoms with Crippen LogP contribution in [0.5, 0.6) is 5.75 Å². The summed E-state index contributed by atoms with van der Waals surface area (Å²) in [5.74, 6) is 0.942. The lowest BCUT2D eigenvalue weighted by Gasteiger charge is -2.13. The van der Waals surface area contributed by atoms with Gasteiger partial charge in [0, 0.05) is 5.56 Å². The molecule has 2 N–H and O–H groups in total. The summed E-state index contributed by atoms with van der Waals surface area (Å²) >= 11 is 6.26. The molecule has 1 saturated carbocycles. The summed E-state index contributed by atoms with van der Waals surface area (Å²) in [6.07, 6.45) is 4.00. The van der Waals surface area contributed by atoms with E-state index in [1.54, 1.807) is 6.20 Å². The Bertz CT molecular complexity index is 591. The molecule has 18 heavy (non-hydrogen) atoms. The molecule has 1 aliphatic carbocycles. The van der Waals surface area contributed by atoms with Gasteiger partial charge in [-0.2, -0.15) is 0 Å². The van der Waals surface area contributed by atoms with Crippen LogP contribution in [0.2, 0.25) is 5.02 Å². The van der Waals surface area contributed by atoms with Gasteiger partial charge in [0.05, 0.1) is 22.9 Å². The van der Waals surface area contributed by atoms with E-state index in [0.29, 0.717) is 10.8 Å². The predicted octanol–water partition coefficient (Wildman–Crippen LogP) is 3.43. The van der Waals surface area contributed by atoms with E-state index in [1.165, 1.54) is 0 Å². The summed E-state index contributed by atoms with van der Waals surface area (Å²) < 4.78 is 10.8. The second-order valence-electron chi connectivity index (χ2n) is 4.54. The monoisotopic (exact) mass is 264 g/mol. The Morgan fingerprint density at radius 3 is 2.78 bits per heavy atom. The number of nitrogens with two attached hydrogens (primary N) is 1. The third kappa shape index (κ3) is 2.04. The highest BCUT2D eigenvalue weighted by Gasteiger charge is 2.27. The molecule has 4 nitrogen and oxygen atoms in total. The van der Waals surface area contributed by atoms with Crippen LogP contribution in [0.3, 0.4) is 0 Å². The van der Waals surface area contributed by atoms with Crippen LogP contribution in [0.15, 0.2) is 22.9 Å². The first kappa shape index (κ1) is 11.4. The molecule has 0 bridgehead atoms. The largest absolute Gasteiger partial charge is 0.488 e. The molecule has 94 valence electrons. The molecule has 0 saturated heterocycles. The molecule has 1 aromatic carbocycles. The number of aryl methyl sites for hydroxylation is 1. The van der Waals surface area contributed by atoms with Gasteiger partial charge in [0.2, 0.25) is 5.88 Å². The zero-order valence-electron chi connectivity index (χ0n) is 9.94. The van der Waals surface area contributed by atoms with E-state index < -0.39 is 0 Å². The van der Waals surface area contributed by atoms with Gasteiger partial charge in [-0.25, -0.2) is 0 Å². The van der Waals surface area contributed by atoms with Crippen molar-refractivity contribution in [2.24, 2.45) is 0 Å². The average molecular weight is 265 g/mol. The number of nitrogen functional groups attached to an aromatic ring is 1. The fourth-order valence-electron chi connectivity index (χ4n) is 1.85. The van der Waals surface area contributed by atoms with Gasteiger partial charge in [0.15, 0.2) is 0 Å². The lowest BCUT2D eigenvalue weighted by Crippen LogP contribution is -1.99. The van der Waals surface area contributed by atoms with Gasteiger partial charge in [-0.1, -0.05) is 16.8 Å². The number of benzene rings is 1. The second-order valence-corrected chi connectivity index (χ2v) is 4.95. The minimum atomic E-state index is 0.269. The SMILES string of the molecule is Cc1cc(Cl)c(OC2CC2)c(-c2cnoc2N)c1. The zero-order valence-corrected chi connectivity index (χ0v) is 10.7. The van der Waals surface area contributed by atoms with Gasteiger partial charge in [0.25, 0.3) is 0 Å². The molecule has 0 amide bonds. The van der Waals surface area contributed by atoms with Crippen molar-refractivity contribution in [1.29, 1.82) is 0 Å². The third-order valence-corrected chi connectivity index (χ3v) is 3.17. The van der Waals surface area contributed by atoms with Crippen molar-refractivity contribution in [3.63, 3.8) is 0 Å². The highest BCUT2D eigenvalue weighted by Crippen LogP contribution is 2.42. The molecule has 5 heteroatoms. The van der Waals surface area contributed by atoms with Gasteiger partial charge in [-0.15, -0.1) is 0 Å². The minimum absolute atomic E-state index is 0.269. The first-order chi connectivity index (χ1) is 8.65. The van der Waals surface area contributed by atoms with Crippen LogP contribution in [0.25, 0.3) is 11.1 Å². The Morgan fingerprint density at radius 2 is 2.17 bits per heavy atom. The lowest BCUT2D eigenvalue weighted by molar-refractivity contribution is 0.304. The summed E-state index contributed by atoms with van der Waals surface area (Å²) in [7, 11) is 0. The van der Waals surface area contributed by atoms with Gasteiger partial charge in [0.1, 0.15) is 5.75 Å². The summed E-state index contributed by atoms with van der Waals surface area (Å²) in [6, 6.07) is 3.86. The fourth-order valence-corrected chi connectivity index (χ4v) is 2.17. The Balaban J connectivity index is 2.13. The maximum Gasteiger partial charge on any atom is 0.230 e. The fraction of sp³-hybridized carbons (Fsp3) is 0.308. The third-order valence-electron chi connectivity index (χ3n) is 2.89. The molecule has 0 spiro atoms. The summed E-state index contributed by atoms with van der Waals surface area (Å²) in [5, 5.41) is 4.29. The van der Waals surface area contributed by atoms with Crippen molar-refractivity contribution >= 4 is 17.5 Å². The number of anilines is 1. The van der Waals surface area contributed by atoms with Crippen molar-refractivity contribution < 1.29 is 9.26 Å². The molecule has 1 heterocycles. The van der Waals surface area contributed by atoms with Crippen LogP contribution >= 0.6 is 11.6 Å². The summed E-state index contributed by atoms with van der Waals surface area (Å²) in [5.41, 5.74) is 8.36. The average Bonchev–Trinajstić information content (AvgIpc) is 3.03. The molecule has 0 radical (unpaired) electrons. The first-order valence-electron chi connectivity index (χ1n) is 5.82. The normalized spacial score (nSPS) is 14.8. The lowest BCUT2D eigenvalue weighted by atomic mass is 10.0. The molecule has 1 aromatic heterocycles. The van der Waals surface area contributed by atoms with Crippen molar-refractivity contribution in [2.75, 3.05) is 5.73 Å². The Labute approximate surface area is 110 Å². The minimum Gasteiger partial charge on any atom is -0.488 e. The number of nitrogens with zero attached hydrogens (tertiary/aromatic N) is 1. The molecular weight excluding hydrogens is 252 g/mol. The quantitative estimate of drug-likeness (QED) is 0.923. The van der Waals surface area contributed by atoms with Crippen LogP contribution in [0.4, 0.5) is 5.88 Å².